The first-order chi connectivity index (χ1) is 9.29. The molecule has 1 heterocycles. The predicted octanol–water partition coefficient (Wildman–Crippen LogP) is 2.87. The fraction of sp³-hybridized carbons (Fsp3) is 0.308. The highest BCUT2D eigenvalue weighted by molar-refractivity contribution is 5.94. The van der Waals surface area contributed by atoms with Crippen LogP contribution in [0.4, 0.5) is 17.6 Å². The lowest BCUT2D eigenvalue weighted by molar-refractivity contribution is -0.0957. The van der Waals surface area contributed by atoms with E-state index >= 15 is 0 Å². The summed E-state index contributed by atoms with van der Waals surface area (Å²) in [4.78, 5) is 13.1. The summed E-state index contributed by atoms with van der Waals surface area (Å²) in [6.45, 7) is -0.335. The molecule has 0 saturated carbocycles. The average Bonchev–Trinajstić information content (AvgIpc) is 2.37. The van der Waals surface area contributed by atoms with Gasteiger partial charge in [-0.05, 0) is 18.6 Å². The predicted molar refractivity (Wildman–Crippen MR) is 62.7 cm³/mol. The molecular weight excluding hydrogens is 278 g/mol. The minimum absolute atomic E-state index is 0.121. The molecule has 2 rings (SSSR count). The quantitative estimate of drug-likeness (QED) is 0.638. The molecule has 0 spiro atoms. The van der Waals surface area contributed by atoms with E-state index in [-0.39, 0.29) is 30.8 Å². The van der Waals surface area contributed by atoms with Gasteiger partial charge in [0.25, 0.3) is 5.91 Å². The summed E-state index contributed by atoms with van der Waals surface area (Å²) >= 11 is 0. The molecule has 0 aliphatic carbocycles. The fourth-order valence-corrected chi connectivity index (χ4v) is 1.96. The van der Waals surface area contributed by atoms with Crippen LogP contribution in [-0.4, -0.2) is 35.2 Å². The molecule has 1 aromatic carbocycles. The Hall–Kier alpha value is -2.05. The Kier molecular flexibility index (Phi) is 3.69. The zero-order valence-electron chi connectivity index (χ0n) is 10.2. The van der Waals surface area contributed by atoms with E-state index in [4.69, 9.17) is 5.11 Å². The number of rotatable bonds is 1. The second-order valence-corrected chi connectivity index (χ2v) is 4.39. The zero-order chi connectivity index (χ0) is 14.9. The van der Waals surface area contributed by atoms with Gasteiger partial charge in [-0.25, -0.2) is 4.39 Å². The molecule has 7 heteroatoms. The van der Waals surface area contributed by atoms with E-state index in [1.165, 1.54) is 0 Å². The van der Waals surface area contributed by atoms with Crippen LogP contribution in [0.2, 0.25) is 0 Å². The first kappa shape index (κ1) is 14.4. The summed E-state index contributed by atoms with van der Waals surface area (Å²) in [6, 6.07) is 3.04. The molecule has 1 N–H and O–H groups in total. The van der Waals surface area contributed by atoms with Gasteiger partial charge in [-0.15, -0.1) is 0 Å². The summed E-state index contributed by atoms with van der Waals surface area (Å²) in [5.74, 6) is -1.92. The molecule has 20 heavy (non-hydrogen) atoms. The number of benzene rings is 1. The largest absolute Gasteiger partial charge is 0.508 e. The lowest BCUT2D eigenvalue weighted by Crippen LogP contribution is -2.37. The zero-order valence-corrected chi connectivity index (χ0v) is 10.2. The number of alkyl halides is 3. The Labute approximate surface area is 112 Å². The van der Waals surface area contributed by atoms with Crippen molar-refractivity contribution in [3.8, 4) is 5.75 Å². The van der Waals surface area contributed by atoms with Gasteiger partial charge >= 0.3 is 6.18 Å². The van der Waals surface area contributed by atoms with Gasteiger partial charge < -0.3 is 10.0 Å². The average molecular weight is 289 g/mol. The van der Waals surface area contributed by atoms with Crippen LogP contribution < -0.4 is 0 Å². The summed E-state index contributed by atoms with van der Waals surface area (Å²) in [7, 11) is 0. The second-order valence-electron chi connectivity index (χ2n) is 4.39. The van der Waals surface area contributed by atoms with Crippen molar-refractivity contribution in [2.45, 2.75) is 12.6 Å². The van der Waals surface area contributed by atoms with Gasteiger partial charge in [-0.3, -0.25) is 4.79 Å². The molecule has 1 aliphatic rings. The molecule has 108 valence electrons. The third-order valence-corrected chi connectivity index (χ3v) is 3.04. The molecule has 1 amide bonds. The van der Waals surface area contributed by atoms with Crippen molar-refractivity contribution in [2.24, 2.45) is 0 Å². The summed E-state index contributed by atoms with van der Waals surface area (Å²) in [6.07, 6.45) is -3.77. The van der Waals surface area contributed by atoms with Crippen LogP contribution in [0.5, 0.6) is 5.75 Å². The number of hydrogen-bond donors (Lipinski definition) is 1. The monoisotopic (exact) mass is 289 g/mol. The van der Waals surface area contributed by atoms with E-state index in [1.807, 2.05) is 0 Å². The fourth-order valence-electron chi connectivity index (χ4n) is 1.96. The Bertz CT molecular complexity index is 566. The summed E-state index contributed by atoms with van der Waals surface area (Å²) in [5.41, 5.74) is -0.945. The van der Waals surface area contributed by atoms with Gasteiger partial charge in [0.05, 0.1) is 5.56 Å². The van der Waals surface area contributed by atoms with E-state index < -0.39 is 23.5 Å². The number of halogens is 4. The number of amides is 1. The number of phenols is 1. The Morgan fingerprint density at radius 2 is 2.00 bits per heavy atom. The molecule has 0 atom stereocenters. The standard InChI is InChI=1S/C13H11F4NO2/c14-11-7-9(19)1-2-10(11)12(20)18-5-3-8(4-6-18)13(15,16)17/h1-3,7,19H,4-6H2. The molecule has 0 aromatic heterocycles. The van der Waals surface area contributed by atoms with Gasteiger partial charge in [-0.2, -0.15) is 13.2 Å². The molecule has 0 bridgehead atoms. The van der Waals surface area contributed by atoms with E-state index in [1.54, 1.807) is 0 Å². The van der Waals surface area contributed by atoms with Crippen molar-refractivity contribution in [2.75, 3.05) is 13.1 Å². The maximum atomic E-state index is 13.5. The van der Waals surface area contributed by atoms with E-state index in [0.29, 0.717) is 0 Å². The van der Waals surface area contributed by atoms with Gasteiger partial charge in [0.1, 0.15) is 11.6 Å². The number of hydrogen-bond acceptors (Lipinski definition) is 2. The highest BCUT2D eigenvalue weighted by Gasteiger charge is 2.35. The van der Waals surface area contributed by atoms with Crippen molar-refractivity contribution >= 4 is 5.91 Å². The lowest BCUT2D eigenvalue weighted by atomic mass is 10.1. The maximum Gasteiger partial charge on any atom is 0.412 e. The molecule has 3 nitrogen and oxygen atoms in total. The number of phenolic OH excluding ortho intramolecular Hbond substituents is 1. The van der Waals surface area contributed by atoms with Crippen LogP contribution in [-0.2, 0) is 0 Å². The van der Waals surface area contributed by atoms with Crippen LogP contribution in [0.15, 0.2) is 29.8 Å². The van der Waals surface area contributed by atoms with Gasteiger partial charge in [0, 0.05) is 24.7 Å². The van der Waals surface area contributed by atoms with Crippen molar-refractivity contribution in [1.82, 2.24) is 4.90 Å². The first-order valence-electron chi connectivity index (χ1n) is 5.83. The van der Waals surface area contributed by atoms with E-state index in [2.05, 4.69) is 0 Å². The molecule has 0 radical (unpaired) electrons. The van der Waals surface area contributed by atoms with Crippen molar-refractivity contribution in [3.05, 3.63) is 41.2 Å². The second kappa shape index (κ2) is 5.15. The molecule has 1 aromatic rings. The van der Waals surface area contributed by atoms with Crippen molar-refractivity contribution in [3.63, 3.8) is 0 Å². The van der Waals surface area contributed by atoms with Gasteiger partial charge in [-0.1, -0.05) is 6.08 Å². The number of carbonyl (C=O) groups excluding carboxylic acids is 1. The SMILES string of the molecule is O=C(c1ccc(O)cc1F)N1CC=C(C(F)(F)F)CC1. The Morgan fingerprint density at radius 1 is 1.30 bits per heavy atom. The number of nitrogens with zero attached hydrogens (tertiary/aromatic N) is 1. The summed E-state index contributed by atoms with van der Waals surface area (Å²) < 4.78 is 50.8. The van der Waals surface area contributed by atoms with Crippen molar-refractivity contribution < 1.29 is 27.5 Å². The third-order valence-electron chi connectivity index (χ3n) is 3.04. The van der Waals surface area contributed by atoms with Crippen LogP contribution in [0.3, 0.4) is 0 Å². The molecule has 0 fully saturated rings. The first-order valence-corrected chi connectivity index (χ1v) is 5.83. The topological polar surface area (TPSA) is 40.5 Å². The maximum absolute atomic E-state index is 13.5. The highest BCUT2D eigenvalue weighted by atomic mass is 19.4. The molecular formula is C13H11F4NO2. The minimum atomic E-state index is -4.39. The minimum Gasteiger partial charge on any atom is -0.508 e. The Balaban J connectivity index is 2.14. The molecule has 0 unspecified atom stereocenters. The van der Waals surface area contributed by atoms with Crippen LogP contribution in [0.1, 0.15) is 16.8 Å². The highest BCUT2D eigenvalue weighted by Crippen LogP contribution is 2.30. The van der Waals surface area contributed by atoms with Crippen LogP contribution in [0.25, 0.3) is 0 Å². The number of aromatic hydroxyl groups is 1. The smallest absolute Gasteiger partial charge is 0.412 e. The third kappa shape index (κ3) is 2.92. The van der Waals surface area contributed by atoms with Crippen LogP contribution >= 0.6 is 0 Å². The number of carbonyl (C=O) groups is 1. The molecule has 0 saturated heterocycles. The van der Waals surface area contributed by atoms with Crippen LogP contribution in [0, 0.1) is 5.82 Å². The van der Waals surface area contributed by atoms with Gasteiger partial charge in [0.2, 0.25) is 0 Å². The van der Waals surface area contributed by atoms with Crippen molar-refractivity contribution in [1.29, 1.82) is 0 Å². The Morgan fingerprint density at radius 3 is 2.50 bits per heavy atom. The van der Waals surface area contributed by atoms with E-state index in [9.17, 15) is 22.4 Å². The molecule has 1 aliphatic heterocycles. The van der Waals surface area contributed by atoms with Gasteiger partial charge in [0.15, 0.2) is 0 Å². The van der Waals surface area contributed by atoms with E-state index in [0.717, 1.165) is 29.2 Å². The summed E-state index contributed by atoms with van der Waals surface area (Å²) in [5, 5.41) is 9.05. The lowest BCUT2D eigenvalue weighted by Gasteiger charge is -2.27. The normalized spacial score (nSPS) is 16.0.